The number of amides is 1. The Bertz CT molecular complexity index is 441. The Labute approximate surface area is 119 Å². The number of rotatable bonds is 4. The molecule has 0 aromatic carbocycles. The average Bonchev–Trinajstić information content (AvgIpc) is 3.09. The maximum Gasteiger partial charge on any atom is 0.264 e. The van der Waals surface area contributed by atoms with Crippen molar-refractivity contribution in [2.75, 3.05) is 19.6 Å². The number of nitrogens with zero attached hydrogens (tertiary/aromatic N) is 1. The van der Waals surface area contributed by atoms with Gasteiger partial charge in [0.25, 0.3) is 5.91 Å². The van der Waals surface area contributed by atoms with Gasteiger partial charge in [0.15, 0.2) is 0 Å². The maximum atomic E-state index is 12.7. The molecule has 1 unspecified atom stereocenters. The third kappa shape index (κ3) is 2.56. The molecule has 1 aliphatic heterocycles. The normalized spacial score (nSPS) is 21.6. The lowest BCUT2D eigenvalue weighted by Gasteiger charge is -2.27. The predicted molar refractivity (Wildman–Crippen MR) is 78.9 cm³/mol. The minimum absolute atomic E-state index is 0.259. The van der Waals surface area contributed by atoms with Crippen LogP contribution in [0.5, 0.6) is 0 Å². The second-order valence-electron chi connectivity index (χ2n) is 5.56. The van der Waals surface area contributed by atoms with Crippen LogP contribution in [0, 0.1) is 0 Å². The third-order valence-electron chi connectivity index (χ3n) is 4.16. The van der Waals surface area contributed by atoms with Gasteiger partial charge in [0, 0.05) is 24.0 Å². The number of nitrogens with one attached hydrogen (secondary N) is 1. The highest BCUT2D eigenvalue weighted by Gasteiger charge is 2.28. The van der Waals surface area contributed by atoms with Gasteiger partial charge in [-0.05, 0) is 50.3 Å². The number of aryl methyl sites for hydroxylation is 2. The van der Waals surface area contributed by atoms with Gasteiger partial charge in [0.2, 0.25) is 0 Å². The third-order valence-corrected chi connectivity index (χ3v) is 5.38. The quantitative estimate of drug-likeness (QED) is 0.917. The van der Waals surface area contributed by atoms with Gasteiger partial charge in [0.1, 0.15) is 0 Å². The monoisotopic (exact) mass is 278 g/mol. The van der Waals surface area contributed by atoms with Crippen molar-refractivity contribution in [2.45, 2.75) is 45.1 Å². The molecule has 2 heterocycles. The fourth-order valence-corrected chi connectivity index (χ4v) is 4.38. The topological polar surface area (TPSA) is 32.3 Å². The summed E-state index contributed by atoms with van der Waals surface area (Å²) in [7, 11) is 0. The lowest BCUT2D eigenvalue weighted by Crippen LogP contribution is -2.41. The van der Waals surface area contributed by atoms with Gasteiger partial charge >= 0.3 is 0 Å². The van der Waals surface area contributed by atoms with Crippen LogP contribution in [0.15, 0.2) is 6.07 Å². The standard InChI is InChI=1S/C15H22N2OS/c1-2-8-17(12-6-7-16-10-12)15(18)14-9-11-4-3-5-13(11)19-14/h9,12,16H,2-8,10H2,1H3. The van der Waals surface area contributed by atoms with E-state index in [1.165, 1.54) is 23.3 Å². The van der Waals surface area contributed by atoms with Crippen LogP contribution in [0.4, 0.5) is 0 Å². The Morgan fingerprint density at radius 1 is 1.53 bits per heavy atom. The molecular weight excluding hydrogens is 256 g/mol. The lowest BCUT2D eigenvalue weighted by atomic mass is 10.2. The summed E-state index contributed by atoms with van der Waals surface area (Å²) in [6, 6.07) is 2.55. The molecule has 1 aromatic rings. The highest BCUT2D eigenvalue weighted by atomic mass is 32.1. The zero-order valence-corrected chi connectivity index (χ0v) is 12.4. The SMILES string of the molecule is CCCN(C(=O)c1cc2c(s1)CCC2)C1CCNC1. The Kier molecular flexibility index (Phi) is 3.89. The summed E-state index contributed by atoms with van der Waals surface area (Å²) in [6.07, 6.45) is 5.73. The van der Waals surface area contributed by atoms with Crippen LogP contribution >= 0.6 is 11.3 Å². The summed E-state index contributed by atoms with van der Waals surface area (Å²) >= 11 is 1.73. The second-order valence-corrected chi connectivity index (χ2v) is 6.69. The molecule has 19 heavy (non-hydrogen) atoms. The van der Waals surface area contributed by atoms with Crippen molar-refractivity contribution in [2.24, 2.45) is 0 Å². The molecule has 0 spiro atoms. The highest BCUT2D eigenvalue weighted by Crippen LogP contribution is 2.31. The maximum absolute atomic E-state index is 12.7. The van der Waals surface area contributed by atoms with Crippen molar-refractivity contribution in [1.82, 2.24) is 10.2 Å². The zero-order chi connectivity index (χ0) is 13.2. The lowest BCUT2D eigenvalue weighted by molar-refractivity contribution is 0.0697. The zero-order valence-electron chi connectivity index (χ0n) is 11.6. The molecule has 1 N–H and O–H groups in total. The molecule has 1 fully saturated rings. The van der Waals surface area contributed by atoms with Gasteiger partial charge in [0.05, 0.1) is 4.88 Å². The van der Waals surface area contributed by atoms with Crippen LogP contribution in [-0.4, -0.2) is 36.5 Å². The molecule has 1 saturated heterocycles. The number of hydrogen-bond acceptors (Lipinski definition) is 3. The number of carbonyl (C=O) groups is 1. The number of carbonyl (C=O) groups excluding carboxylic acids is 1. The first kappa shape index (κ1) is 13.1. The van der Waals surface area contributed by atoms with E-state index >= 15 is 0 Å². The molecule has 0 radical (unpaired) electrons. The van der Waals surface area contributed by atoms with Gasteiger partial charge in [-0.25, -0.2) is 0 Å². The first-order valence-corrected chi connectivity index (χ1v) is 8.24. The van der Waals surface area contributed by atoms with E-state index < -0.39 is 0 Å². The molecule has 1 atom stereocenters. The first-order chi connectivity index (χ1) is 9.29. The van der Waals surface area contributed by atoms with Gasteiger partial charge in [-0.3, -0.25) is 4.79 Å². The summed E-state index contributed by atoms with van der Waals surface area (Å²) < 4.78 is 0. The van der Waals surface area contributed by atoms with Gasteiger partial charge in [-0.2, -0.15) is 0 Å². The Morgan fingerprint density at radius 3 is 3.11 bits per heavy atom. The smallest absolute Gasteiger partial charge is 0.264 e. The van der Waals surface area contributed by atoms with Crippen LogP contribution in [0.2, 0.25) is 0 Å². The summed E-state index contributed by atoms with van der Waals surface area (Å²) in [5.74, 6) is 0.259. The Hall–Kier alpha value is -0.870. The molecule has 1 amide bonds. The van der Waals surface area contributed by atoms with Crippen molar-refractivity contribution >= 4 is 17.2 Å². The second kappa shape index (κ2) is 5.63. The van der Waals surface area contributed by atoms with Crippen molar-refractivity contribution in [3.05, 3.63) is 21.4 Å². The molecule has 0 saturated carbocycles. The molecule has 2 aliphatic rings. The number of fused-ring (bicyclic) bond motifs is 1. The van der Waals surface area contributed by atoms with E-state index in [1.807, 2.05) is 0 Å². The fraction of sp³-hybridized carbons (Fsp3) is 0.667. The minimum Gasteiger partial charge on any atom is -0.334 e. The predicted octanol–water partition coefficient (Wildman–Crippen LogP) is 2.45. The summed E-state index contributed by atoms with van der Waals surface area (Å²) in [4.78, 5) is 17.2. The van der Waals surface area contributed by atoms with Crippen molar-refractivity contribution in [3.8, 4) is 0 Å². The summed E-state index contributed by atoms with van der Waals surface area (Å²) in [5.41, 5.74) is 1.43. The first-order valence-electron chi connectivity index (χ1n) is 7.43. The van der Waals surface area contributed by atoms with Crippen molar-refractivity contribution in [1.29, 1.82) is 0 Å². The van der Waals surface area contributed by atoms with Crippen LogP contribution in [0.25, 0.3) is 0 Å². The van der Waals surface area contributed by atoms with Crippen molar-refractivity contribution < 1.29 is 4.79 Å². The van der Waals surface area contributed by atoms with Gasteiger partial charge in [-0.1, -0.05) is 6.92 Å². The van der Waals surface area contributed by atoms with E-state index in [1.54, 1.807) is 11.3 Å². The molecule has 104 valence electrons. The molecular formula is C15H22N2OS. The Balaban J connectivity index is 1.78. The van der Waals surface area contributed by atoms with Crippen LogP contribution < -0.4 is 5.32 Å². The summed E-state index contributed by atoms with van der Waals surface area (Å²) in [6.45, 7) is 5.03. The number of thiophene rings is 1. The molecule has 1 aromatic heterocycles. The fourth-order valence-electron chi connectivity index (χ4n) is 3.17. The largest absolute Gasteiger partial charge is 0.334 e. The van der Waals surface area contributed by atoms with E-state index in [2.05, 4.69) is 23.2 Å². The van der Waals surface area contributed by atoms with E-state index in [9.17, 15) is 4.79 Å². The van der Waals surface area contributed by atoms with E-state index in [0.717, 1.165) is 43.8 Å². The molecule has 4 heteroatoms. The number of hydrogen-bond donors (Lipinski definition) is 1. The molecule has 1 aliphatic carbocycles. The molecule has 3 nitrogen and oxygen atoms in total. The highest BCUT2D eigenvalue weighted by molar-refractivity contribution is 7.14. The summed E-state index contributed by atoms with van der Waals surface area (Å²) in [5, 5.41) is 3.37. The van der Waals surface area contributed by atoms with Crippen LogP contribution in [0.1, 0.15) is 46.3 Å². The average molecular weight is 278 g/mol. The minimum atomic E-state index is 0.259. The van der Waals surface area contributed by atoms with Gasteiger partial charge in [-0.15, -0.1) is 11.3 Å². The van der Waals surface area contributed by atoms with Crippen LogP contribution in [0.3, 0.4) is 0 Å². The van der Waals surface area contributed by atoms with Crippen molar-refractivity contribution in [3.63, 3.8) is 0 Å². The van der Waals surface area contributed by atoms with E-state index in [-0.39, 0.29) is 5.91 Å². The Morgan fingerprint density at radius 2 is 2.42 bits per heavy atom. The van der Waals surface area contributed by atoms with Crippen LogP contribution in [-0.2, 0) is 12.8 Å². The van der Waals surface area contributed by atoms with E-state index in [0.29, 0.717) is 6.04 Å². The van der Waals surface area contributed by atoms with E-state index in [4.69, 9.17) is 0 Å². The van der Waals surface area contributed by atoms with Gasteiger partial charge < -0.3 is 10.2 Å². The molecule has 0 bridgehead atoms. The molecule has 3 rings (SSSR count).